The highest BCUT2D eigenvalue weighted by Crippen LogP contribution is 2.35. The van der Waals surface area contributed by atoms with Gasteiger partial charge in [0.1, 0.15) is 11.6 Å². The zero-order chi connectivity index (χ0) is 15.7. The molecule has 0 aromatic carbocycles. The number of nitrogens with zero attached hydrogens (tertiary/aromatic N) is 1. The molecule has 1 aliphatic heterocycles. The van der Waals surface area contributed by atoms with E-state index in [1.165, 1.54) is 6.42 Å². The third kappa shape index (κ3) is 3.22. The lowest BCUT2D eigenvalue weighted by Crippen LogP contribution is -2.71. The van der Waals surface area contributed by atoms with E-state index in [9.17, 15) is 9.59 Å². The molecular weight excluding hydrogens is 284 g/mol. The van der Waals surface area contributed by atoms with Crippen molar-refractivity contribution in [1.29, 1.82) is 0 Å². The highest BCUT2D eigenvalue weighted by Gasteiger charge is 2.51. The van der Waals surface area contributed by atoms with Crippen LogP contribution >= 0.6 is 11.8 Å². The van der Waals surface area contributed by atoms with Crippen LogP contribution in [-0.4, -0.2) is 45.8 Å². The highest BCUT2D eigenvalue weighted by molar-refractivity contribution is 7.99. The number of rotatable bonds is 4. The topological polar surface area (TPSA) is 49.4 Å². The van der Waals surface area contributed by atoms with Crippen molar-refractivity contribution < 1.29 is 9.59 Å². The second-order valence-electron chi connectivity index (χ2n) is 6.95. The Morgan fingerprint density at radius 2 is 1.90 bits per heavy atom. The molecule has 1 saturated carbocycles. The molecule has 1 aliphatic carbocycles. The first kappa shape index (κ1) is 16.7. The van der Waals surface area contributed by atoms with Crippen LogP contribution in [0.15, 0.2) is 0 Å². The van der Waals surface area contributed by atoms with Crippen molar-refractivity contribution in [2.24, 2.45) is 0 Å². The Bertz CT molecular complexity index is 417. The number of carbonyl (C=O) groups excluding carboxylic acids is 2. The second kappa shape index (κ2) is 6.19. The number of carbonyl (C=O) groups is 2. The molecule has 0 aromatic rings. The summed E-state index contributed by atoms with van der Waals surface area (Å²) < 4.78 is -0.0312. The van der Waals surface area contributed by atoms with E-state index in [0.29, 0.717) is 13.0 Å². The molecule has 0 radical (unpaired) electrons. The van der Waals surface area contributed by atoms with Crippen molar-refractivity contribution in [3.05, 3.63) is 0 Å². The van der Waals surface area contributed by atoms with Gasteiger partial charge < -0.3 is 10.2 Å². The molecule has 1 unspecified atom stereocenters. The Morgan fingerprint density at radius 3 is 2.43 bits per heavy atom. The molecule has 1 spiro atoms. The van der Waals surface area contributed by atoms with E-state index in [4.69, 9.17) is 0 Å². The Balaban J connectivity index is 2.28. The molecule has 1 saturated heterocycles. The summed E-state index contributed by atoms with van der Waals surface area (Å²) in [6, 6.07) is -0.309. The van der Waals surface area contributed by atoms with Gasteiger partial charge in [0.15, 0.2) is 0 Å². The zero-order valence-corrected chi connectivity index (χ0v) is 14.5. The number of amides is 2. The molecule has 2 amide bonds. The first-order chi connectivity index (χ1) is 9.85. The number of hydrogen-bond donors (Lipinski definition) is 1. The number of piperazine rings is 1. The summed E-state index contributed by atoms with van der Waals surface area (Å²) in [4.78, 5) is 27.5. The van der Waals surface area contributed by atoms with Crippen LogP contribution in [0.2, 0.25) is 0 Å². The van der Waals surface area contributed by atoms with Gasteiger partial charge in [-0.2, -0.15) is 11.8 Å². The predicted octanol–water partition coefficient (Wildman–Crippen LogP) is 2.57. The molecule has 21 heavy (non-hydrogen) atoms. The SMILES string of the molecule is CCC1C(=O)NC2(CCCCC2)C(=O)N1CC(C)(C)SC. The maximum Gasteiger partial charge on any atom is 0.249 e. The molecule has 4 nitrogen and oxygen atoms in total. The van der Waals surface area contributed by atoms with E-state index in [0.717, 1.165) is 25.7 Å². The molecular formula is C16H28N2O2S. The monoisotopic (exact) mass is 312 g/mol. The van der Waals surface area contributed by atoms with E-state index >= 15 is 0 Å². The summed E-state index contributed by atoms with van der Waals surface area (Å²) in [6.07, 6.45) is 7.56. The number of hydrogen-bond acceptors (Lipinski definition) is 3. The van der Waals surface area contributed by atoms with E-state index in [1.807, 2.05) is 11.8 Å². The normalized spacial score (nSPS) is 26.1. The molecule has 5 heteroatoms. The quantitative estimate of drug-likeness (QED) is 0.868. The predicted molar refractivity (Wildman–Crippen MR) is 87.3 cm³/mol. The van der Waals surface area contributed by atoms with Gasteiger partial charge in [-0.15, -0.1) is 0 Å². The molecule has 1 atom stereocenters. The first-order valence-electron chi connectivity index (χ1n) is 8.03. The maximum atomic E-state index is 13.1. The van der Waals surface area contributed by atoms with Crippen LogP contribution in [-0.2, 0) is 9.59 Å². The zero-order valence-electron chi connectivity index (χ0n) is 13.7. The third-order valence-electron chi connectivity index (χ3n) is 4.91. The van der Waals surface area contributed by atoms with Crippen LogP contribution in [0.4, 0.5) is 0 Å². The molecule has 2 rings (SSSR count). The largest absolute Gasteiger partial charge is 0.340 e. The third-order valence-corrected chi connectivity index (χ3v) is 6.14. The van der Waals surface area contributed by atoms with E-state index in [1.54, 1.807) is 11.8 Å². The van der Waals surface area contributed by atoms with Gasteiger partial charge in [-0.05, 0) is 39.4 Å². The summed E-state index contributed by atoms with van der Waals surface area (Å²) in [6.45, 7) is 6.89. The van der Waals surface area contributed by atoms with Gasteiger partial charge in [-0.25, -0.2) is 0 Å². The highest BCUT2D eigenvalue weighted by atomic mass is 32.2. The van der Waals surface area contributed by atoms with Crippen LogP contribution < -0.4 is 5.32 Å². The van der Waals surface area contributed by atoms with Crippen molar-refractivity contribution in [1.82, 2.24) is 10.2 Å². The van der Waals surface area contributed by atoms with Crippen LogP contribution in [0, 0.1) is 0 Å². The molecule has 1 heterocycles. The smallest absolute Gasteiger partial charge is 0.249 e. The van der Waals surface area contributed by atoms with Gasteiger partial charge in [0.05, 0.1) is 0 Å². The Labute approximate surface area is 132 Å². The Morgan fingerprint density at radius 1 is 1.29 bits per heavy atom. The van der Waals surface area contributed by atoms with Crippen molar-refractivity contribution in [3.8, 4) is 0 Å². The molecule has 2 aliphatic rings. The molecule has 1 N–H and O–H groups in total. The summed E-state index contributed by atoms with van der Waals surface area (Å²) in [5.74, 6) is 0.187. The van der Waals surface area contributed by atoms with E-state index < -0.39 is 5.54 Å². The first-order valence-corrected chi connectivity index (χ1v) is 9.26. The van der Waals surface area contributed by atoms with Crippen LogP contribution in [0.1, 0.15) is 59.3 Å². The summed E-state index contributed by atoms with van der Waals surface area (Å²) in [5, 5.41) is 3.08. The fourth-order valence-corrected chi connectivity index (χ4v) is 3.76. The van der Waals surface area contributed by atoms with Crippen molar-refractivity contribution in [2.45, 2.75) is 75.6 Å². The van der Waals surface area contributed by atoms with Crippen LogP contribution in [0.5, 0.6) is 0 Å². The standard InChI is InChI=1S/C16H28N2O2S/c1-5-12-13(19)17-16(9-7-6-8-10-16)14(20)18(12)11-15(2,3)21-4/h12H,5-11H2,1-4H3,(H,17,19). The average molecular weight is 312 g/mol. The Kier molecular flexibility index (Phi) is 4.91. The number of thioether (sulfide) groups is 1. The Hall–Kier alpha value is -0.710. The van der Waals surface area contributed by atoms with Crippen molar-refractivity contribution in [3.63, 3.8) is 0 Å². The minimum atomic E-state index is -0.616. The van der Waals surface area contributed by atoms with Crippen LogP contribution in [0.25, 0.3) is 0 Å². The molecule has 0 bridgehead atoms. The minimum Gasteiger partial charge on any atom is -0.340 e. The molecule has 2 fully saturated rings. The molecule has 120 valence electrons. The molecule has 0 aromatic heterocycles. The van der Waals surface area contributed by atoms with Crippen molar-refractivity contribution >= 4 is 23.6 Å². The summed E-state index contributed by atoms with van der Waals surface area (Å²) in [5.41, 5.74) is -0.616. The van der Waals surface area contributed by atoms with Gasteiger partial charge in [0, 0.05) is 11.3 Å². The van der Waals surface area contributed by atoms with E-state index in [-0.39, 0.29) is 22.6 Å². The summed E-state index contributed by atoms with van der Waals surface area (Å²) >= 11 is 1.75. The fraction of sp³-hybridized carbons (Fsp3) is 0.875. The average Bonchev–Trinajstić information content (AvgIpc) is 2.46. The maximum absolute atomic E-state index is 13.1. The lowest BCUT2D eigenvalue weighted by atomic mass is 9.78. The second-order valence-corrected chi connectivity index (χ2v) is 8.47. The van der Waals surface area contributed by atoms with Gasteiger partial charge in [0.25, 0.3) is 0 Å². The van der Waals surface area contributed by atoms with Gasteiger partial charge in [0.2, 0.25) is 11.8 Å². The van der Waals surface area contributed by atoms with E-state index in [2.05, 4.69) is 25.4 Å². The fourth-order valence-electron chi connectivity index (χ4n) is 3.49. The van der Waals surface area contributed by atoms with Gasteiger partial charge in [-0.3, -0.25) is 9.59 Å². The van der Waals surface area contributed by atoms with Crippen LogP contribution in [0.3, 0.4) is 0 Å². The summed E-state index contributed by atoms with van der Waals surface area (Å²) in [7, 11) is 0. The van der Waals surface area contributed by atoms with Gasteiger partial charge in [-0.1, -0.05) is 26.2 Å². The lowest BCUT2D eigenvalue weighted by Gasteiger charge is -2.49. The lowest BCUT2D eigenvalue weighted by molar-refractivity contribution is -0.157. The van der Waals surface area contributed by atoms with Gasteiger partial charge >= 0.3 is 0 Å². The number of nitrogens with one attached hydrogen (secondary N) is 1. The van der Waals surface area contributed by atoms with Crippen molar-refractivity contribution in [2.75, 3.05) is 12.8 Å². The minimum absolute atomic E-state index is 0.0312.